The fourth-order valence-electron chi connectivity index (χ4n) is 0.984. The van der Waals surface area contributed by atoms with Crippen molar-refractivity contribution in [1.29, 1.82) is 0 Å². The van der Waals surface area contributed by atoms with Gasteiger partial charge in [0.1, 0.15) is 6.42 Å². The lowest BCUT2D eigenvalue weighted by Gasteiger charge is -2.02. The molecule has 5 heteroatoms. The van der Waals surface area contributed by atoms with Gasteiger partial charge in [-0.3, -0.25) is 9.78 Å². The first-order chi connectivity index (χ1) is 7.22. The molecule has 0 radical (unpaired) electrons. The zero-order valence-corrected chi connectivity index (χ0v) is 8.42. The zero-order chi connectivity index (χ0) is 11.1. The Labute approximate surface area is 87.6 Å². The number of ether oxygens (including phenoxy) is 1. The van der Waals surface area contributed by atoms with E-state index >= 15 is 0 Å². The second-order valence-corrected chi connectivity index (χ2v) is 2.88. The van der Waals surface area contributed by atoms with E-state index < -0.39 is 0 Å². The molecular weight excluding hydrogens is 196 g/mol. The van der Waals surface area contributed by atoms with Crippen LogP contribution in [0, 0.1) is 5.21 Å². The van der Waals surface area contributed by atoms with Crippen LogP contribution in [0.4, 0.5) is 0 Å². The molecule has 0 saturated heterocycles. The molecule has 0 saturated carbocycles. The number of carbonyl (C=O) groups is 1. The summed E-state index contributed by atoms with van der Waals surface area (Å²) in [5, 5.41) is 11.3. The predicted octanol–water partition coefficient (Wildman–Crippen LogP) is 0.574. The molecule has 1 aromatic heterocycles. The molecule has 80 valence electrons. The number of esters is 1. The Balaban J connectivity index is 2.50. The molecule has 0 aliphatic carbocycles. The van der Waals surface area contributed by atoms with E-state index in [2.05, 4.69) is 9.72 Å². The number of methoxy groups -OCH3 is 1. The lowest BCUT2D eigenvalue weighted by atomic mass is 10.3. The molecule has 1 aromatic rings. The molecular formula is C10H12N2O3. The number of hydrogen-bond donors (Lipinski definition) is 0. The van der Waals surface area contributed by atoms with Crippen LogP contribution in [0.2, 0.25) is 0 Å². The van der Waals surface area contributed by atoms with Gasteiger partial charge in [-0.15, -0.1) is 0 Å². The van der Waals surface area contributed by atoms with Crippen molar-refractivity contribution in [3.63, 3.8) is 0 Å². The van der Waals surface area contributed by atoms with Crippen LogP contribution < -0.4 is 0 Å². The molecule has 1 rings (SSSR count). The fourth-order valence-corrected chi connectivity index (χ4v) is 0.984. The van der Waals surface area contributed by atoms with E-state index in [-0.39, 0.29) is 18.9 Å². The van der Waals surface area contributed by atoms with Crippen molar-refractivity contribution in [2.24, 2.45) is 0 Å². The minimum atomic E-state index is -0.390. The number of hydroxylamine groups is 1. The van der Waals surface area contributed by atoms with E-state index in [4.69, 9.17) is 0 Å². The predicted molar refractivity (Wildman–Crippen MR) is 54.5 cm³/mol. The molecule has 0 atom stereocenters. The summed E-state index contributed by atoms with van der Waals surface area (Å²) >= 11 is 0. The summed E-state index contributed by atoms with van der Waals surface area (Å²) in [6.07, 6.45) is 4.69. The first kappa shape index (κ1) is 11.2. The average molecular weight is 208 g/mol. The van der Waals surface area contributed by atoms with E-state index in [9.17, 15) is 10.0 Å². The number of carbonyl (C=O) groups excluding carboxylic acids is 1. The summed E-state index contributed by atoms with van der Waals surface area (Å²) in [5.41, 5.74) is 0.755. The summed E-state index contributed by atoms with van der Waals surface area (Å²) in [4.78, 5) is 14.6. The molecule has 0 unspecified atom stereocenters. The third kappa shape index (κ3) is 4.21. The van der Waals surface area contributed by atoms with Crippen LogP contribution in [0.15, 0.2) is 24.5 Å². The van der Waals surface area contributed by atoms with Crippen molar-refractivity contribution in [3.8, 4) is 0 Å². The Morgan fingerprint density at radius 3 is 2.87 bits per heavy atom. The van der Waals surface area contributed by atoms with Gasteiger partial charge in [-0.2, -0.15) is 0 Å². The first-order valence-corrected chi connectivity index (χ1v) is 4.48. The molecule has 0 aliphatic rings. The number of aromatic nitrogens is 1. The van der Waals surface area contributed by atoms with Gasteiger partial charge in [-0.1, -0.05) is 0 Å². The maximum atomic E-state index is 11.3. The minimum Gasteiger partial charge on any atom is -0.624 e. The fraction of sp³-hybridized carbons (Fsp3) is 0.300. The van der Waals surface area contributed by atoms with Crippen LogP contribution in [0.25, 0.3) is 0 Å². The van der Waals surface area contributed by atoms with Gasteiger partial charge in [-0.25, -0.2) is 4.74 Å². The molecule has 15 heavy (non-hydrogen) atoms. The molecule has 0 amide bonds. The highest BCUT2D eigenvalue weighted by Gasteiger charge is 2.03. The number of nitrogens with zero attached hydrogens (tertiary/aromatic N) is 2. The van der Waals surface area contributed by atoms with Gasteiger partial charge in [0, 0.05) is 18.0 Å². The summed E-state index contributed by atoms with van der Waals surface area (Å²) < 4.78 is 5.12. The van der Waals surface area contributed by atoms with Crippen LogP contribution in [-0.4, -0.2) is 35.6 Å². The van der Waals surface area contributed by atoms with Crippen molar-refractivity contribution < 1.29 is 14.3 Å². The normalized spacial score (nSPS) is 11.1. The molecule has 5 nitrogen and oxygen atoms in total. The third-order valence-corrected chi connectivity index (χ3v) is 1.76. The molecule has 0 bridgehead atoms. The standard InChI is InChI=1S/C10H12N2O3/c1-15-10(13)4-7-12(14)8-9-2-5-11-6-3-9/h2-3,5-6,8H,4,7H2,1H3/b12-8+. The second-order valence-electron chi connectivity index (χ2n) is 2.88. The van der Waals surface area contributed by atoms with E-state index in [1.165, 1.54) is 13.3 Å². The average Bonchev–Trinajstić information content (AvgIpc) is 2.27. The monoisotopic (exact) mass is 208 g/mol. The largest absolute Gasteiger partial charge is 0.624 e. The molecule has 0 aliphatic heterocycles. The van der Waals surface area contributed by atoms with Gasteiger partial charge < -0.3 is 9.94 Å². The Kier molecular flexibility index (Phi) is 4.28. The summed E-state index contributed by atoms with van der Waals surface area (Å²) in [7, 11) is 1.30. The van der Waals surface area contributed by atoms with Crippen molar-refractivity contribution in [3.05, 3.63) is 35.3 Å². The highest BCUT2D eigenvalue weighted by Crippen LogP contribution is 1.92. The van der Waals surface area contributed by atoms with Crippen molar-refractivity contribution in [1.82, 2.24) is 4.98 Å². The summed E-state index contributed by atoms with van der Waals surface area (Å²) in [5.74, 6) is -0.390. The Bertz CT molecular complexity index is 349. The maximum Gasteiger partial charge on any atom is 0.311 e. The third-order valence-electron chi connectivity index (χ3n) is 1.76. The van der Waals surface area contributed by atoms with E-state index in [1.54, 1.807) is 24.5 Å². The SMILES string of the molecule is COC(=O)CC/[N+]([O-])=C\c1ccncc1. The molecule has 0 fully saturated rings. The molecule has 0 N–H and O–H groups in total. The van der Waals surface area contributed by atoms with Gasteiger partial charge in [0.25, 0.3) is 0 Å². The van der Waals surface area contributed by atoms with Gasteiger partial charge in [0.15, 0.2) is 12.8 Å². The molecule has 0 spiro atoms. The van der Waals surface area contributed by atoms with Gasteiger partial charge >= 0.3 is 5.97 Å². The smallest absolute Gasteiger partial charge is 0.311 e. The van der Waals surface area contributed by atoms with Crippen LogP contribution in [-0.2, 0) is 9.53 Å². The number of rotatable bonds is 4. The van der Waals surface area contributed by atoms with E-state index in [0.29, 0.717) is 4.74 Å². The lowest BCUT2D eigenvalue weighted by molar-refractivity contribution is -0.451. The maximum absolute atomic E-state index is 11.3. The lowest BCUT2D eigenvalue weighted by Crippen LogP contribution is -2.13. The molecule has 1 heterocycles. The van der Waals surface area contributed by atoms with Gasteiger partial charge in [0.05, 0.1) is 7.11 Å². The van der Waals surface area contributed by atoms with Crippen LogP contribution in [0.5, 0.6) is 0 Å². The Morgan fingerprint density at radius 1 is 1.60 bits per heavy atom. The van der Waals surface area contributed by atoms with E-state index in [0.717, 1.165) is 5.56 Å². The Morgan fingerprint density at radius 2 is 2.27 bits per heavy atom. The number of hydrogen-bond acceptors (Lipinski definition) is 4. The van der Waals surface area contributed by atoms with Crippen LogP contribution in [0.3, 0.4) is 0 Å². The second kappa shape index (κ2) is 5.74. The van der Waals surface area contributed by atoms with Crippen LogP contribution >= 0.6 is 0 Å². The topological polar surface area (TPSA) is 65.3 Å². The quantitative estimate of drug-likeness (QED) is 0.238. The van der Waals surface area contributed by atoms with Crippen molar-refractivity contribution in [2.75, 3.05) is 13.7 Å². The highest BCUT2D eigenvalue weighted by molar-refractivity contribution is 5.75. The summed E-state index contributed by atoms with van der Waals surface area (Å²) in [6.45, 7) is 0.0923. The van der Waals surface area contributed by atoms with Gasteiger partial charge in [-0.05, 0) is 12.1 Å². The zero-order valence-electron chi connectivity index (χ0n) is 8.42. The van der Waals surface area contributed by atoms with Gasteiger partial charge in [0.2, 0.25) is 0 Å². The van der Waals surface area contributed by atoms with Crippen LogP contribution in [0.1, 0.15) is 12.0 Å². The first-order valence-electron chi connectivity index (χ1n) is 4.48. The Hall–Kier alpha value is -1.91. The van der Waals surface area contributed by atoms with E-state index in [1.807, 2.05) is 0 Å². The molecule has 0 aromatic carbocycles. The minimum absolute atomic E-state index is 0.0849. The van der Waals surface area contributed by atoms with Crippen molar-refractivity contribution in [2.45, 2.75) is 6.42 Å². The number of pyridine rings is 1. The highest BCUT2D eigenvalue weighted by atomic mass is 16.5. The van der Waals surface area contributed by atoms with Crippen molar-refractivity contribution >= 4 is 12.2 Å². The summed E-state index contributed by atoms with van der Waals surface area (Å²) in [6, 6.07) is 3.42.